The van der Waals surface area contributed by atoms with Crippen LogP contribution in [0.4, 0.5) is 15.8 Å². The van der Waals surface area contributed by atoms with Crippen LogP contribution in [-0.4, -0.2) is 32.4 Å². The van der Waals surface area contributed by atoms with E-state index < -0.39 is 11.0 Å². The first-order valence-electron chi connectivity index (χ1n) is 11.8. The van der Waals surface area contributed by atoms with Crippen molar-refractivity contribution in [2.75, 3.05) is 11.9 Å². The van der Waals surface area contributed by atoms with Crippen molar-refractivity contribution in [2.24, 2.45) is 0 Å². The van der Waals surface area contributed by atoms with E-state index in [-0.39, 0.29) is 36.4 Å². The van der Waals surface area contributed by atoms with Gasteiger partial charge in [-0.1, -0.05) is 18.2 Å². The van der Waals surface area contributed by atoms with Crippen molar-refractivity contribution < 1.29 is 18.5 Å². The van der Waals surface area contributed by atoms with Crippen LogP contribution in [0.5, 0.6) is 0 Å². The number of anilines is 1. The van der Waals surface area contributed by atoms with Gasteiger partial charge in [-0.05, 0) is 60.7 Å². The van der Waals surface area contributed by atoms with E-state index in [0.29, 0.717) is 27.9 Å². The molecule has 3 heterocycles. The molecule has 2 atom stereocenters. The van der Waals surface area contributed by atoms with E-state index in [1.807, 2.05) is 23.1 Å². The summed E-state index contributed by atoms with van der Waals surface area (Å²) in [6, 6.07) is 20.1. The Morgan fingerprint density at radius 3 is 2.68 bits per heavy atom. The first kappa shape index (κ1) is 25.0. The highest BCUT2D eigenvalue weighted by atomic mass is 32.1. The second-order valence-corrected chi connectivity index (χ2v) is 9.02. The zero-order valence-corrected chi connectivity index (χ0v) is 20.7. The molecule has 11 heteroatoms. The first-order chi connectivity index (χ1) is 18.4. The third kappa shape index (κ3) is 5.37. The van der Waals surface area contributed by atoms with Crippen LogP contribution in [0.3, 0.4) is 0 Å². The van der Waals surface area contributed by atoms with Crippen molar-refractivity contribution in [1.82, 2.24) is 15.2 Å². The van der Waals surface area contributed by atoms with Crippen molar-refractivity contribution in [3.05, 3.63) is 112 Å². The molecule has 5 rings (SSSR count). The first-order valence-corrected chi connectivity index (χ1v) is 12.2. The fraction of sp³-hybridized carbons (Fsp3) is 0.148. The average Bonchev–Trinajstić information content (AvgIpc) is 3.54. The summed E-state index contributed by atoms with van der Waals surface area (Å²) in [6.45, 7) is 0.277. The van der Waals surface area contributed by atoms with Gasteiger partial charge in [0.05, 0.1) is 16.7 Å². The van der Waals surface area contributed by atoms with Gasteiger partial charge in [0, 0.05) is 42.5 Å². The Kier molecular flexibility index (Phi) is 7.09. The topological polar surface area (TPSA) is 114 Å². The van der Waals surface area contributed by atoms with Crippen LogP contribution < -0.4 is 10.6 Å². The number of rotatable bonds is 8. The van der Waals surface area contributed by atoms with Crippen LogP contribution in [0.25, 0.3) is 11.3 Å². The number of hydrogen-bond donors (Lipinski definition) is 2. The minimum Gasteiger partial charge on any atom is -0.459 e. The van der Waals surface area contributed by atoms with E-state index in [0.717, 1.165) is 5.69 Å². The Morgan fingerprint density at radius 2 is 1.95 bits per heavy atom. The summed E-state index contributed by atoms with van der Waals surface area (Å²) in [5.41, 5.74) is 1.77. The van der Waals surface area contributed by atoms with Gasteiger partial charge >= 0.3 is 0 Å². The molecule has 0 bridgehead atoms. The van der Waals surface area contributed by atoms with Gasteiger partial charge in [-0.3, -0.25) is 19.9 Å². The molecule has 0 saturated carbocycles. The molecule has 192 valence electrons. The highest BCUT2D eigenvalue weighted by molar-refractivity contribution is 7.80. The standard InChI is InChI=1S/C27H22FN5O4S/c28-18-7-9-19(10-8-18)30-24(34)13-15-32-26(25(31-27(32)38)21-6-1-2-14-29-21)23-12-11-22(37-23)17-4-3-5-20(16-17)33(35)36/h1-12,14,16,25-26H,13,15H2,(H,30,34)(H,31,38). The van der Waals surface area contributed by atoms with E-state index in [2.05, 4.69) is 15.6 Å². The Hall–Kier alpha value is -4.64. The van der Waals surface area contributed by atoms with Crippen molar-refractivity contribution in [3.8, 4) is 11.3 Å². The maximum absolute atomic E-state index is 13.2. The maximum Gasteiger partial charge on any atom is 0.270 e. The van der Waals surface area contributed by atoms with Crippen LogP contribution in [0.2, 0.25) is 0 Å². The minimum absolute atomic E-state index is 0.0377. The number of pyridine rings is 1. The van der Waals surface area contributed by atoms with E-state index in [9.17, 15) is 19.3 Å². The molecule has 1 aliphatic rings. The van der Waals surface area contributed by atoms with E-state index in [4.69, 9.17) is 16.6 Å². The Morgan fingerprint density at radius 1 is 1.13 bits per heavy atom. The largest absolute Gasteiger partial charge is 0.459 e. The van der Waals surface area contributed by atoms with Gasteiger partial charge in [0.1, 0.15) is 23.4 Å². The number of hydrogen-bond acceptors (Lipinski definition) is 6. The number of nitro groups is 1. The lowest BCUT2D eigenvalue weighted by atomic mass is 10.0. The molecule has 2 aromatic carbocycles. The van der Waals surface area contributed by atoms with E-state index in [1.54, 1.807) is 30.5 Å². The maximum atomic E-state index is 13.2. The van der Waals surface area contributed by atoms with Gasteiger partial charge in [0.2, 0.25) is 5.91 Å². The second-order valence-electron chi connectivity index (χ2n) is 8.63. The number of non-ortho nitro benzene ring substituents is 1. The molecule has 0 spiro atoms. The lowest BCUT2D eigenvalue weighted by molar-refractivity contribution is -0.384. The van der Waals surface area contributed by atoms with Crippen molar-refractivity contribution in [2.45, 2.75) is 18.5 Å². The predicted molar refractivity (Wildman–Crippen MR) is 143 cm³/mol. The molecule has 38 heavy (non-hydrogen) atoms. The SMILES string of the molecule is O=C(CCN1C(=S)NC(c2ccccn2)C1c1ccc(-c2cccc([N+](=O)[O-])c2)o1)Nc1ccc(F)cc1. The Bertz CT molecular complexity index is 1480. The number of aromatic nitrogens is 1. The third-order valence-electron chi connectivity index (χ3n) is 6.17. The molecule has 1 aliphatic heterocycles. The van der Waals surface area contributed by atoms with Crippen LogP contribution in [0, 0.1) is 15.9 Å². The zero-order valence-electron chi connectivity index (χ0n) is 19.9. The number of benzene rings is 2. The summed E-state index contributed by atoms with van der Waals surface area (Å²) in [6.07, 6.45) is 1.80. The fourth-order valence-corrected chi connectivity index (χ4v) is 4.71. The predicted octanol–water partition coefficient (Wildman–Crippen LogP) is 5.39. The number of carbonyl (C=O) groups is 1. The molecule has 4 aromatic rings. The number of amides is 1. The van der Waals surface area contributed by atoms with Gasteiger partial charge in [0.15, 0.2) is 5.11 Å². The van der Waals surface area contributed by atoms with Crippen LogP contribution in [0.1, 0.15) is 30.0 Å². The van der Waals surface area contributed by atoms with Gasteiger partial charge < -0.3 is 20.0 Å². The monoisotopic (exact) mass is 531 g/mol. The van der Waals surface area contributed by atoms with Crippen molar-refractivity contribution in [1.29, 1.82) is 0 Å². The highest BCUT2D eigenvalue weighted by Gasteiger charge is 2.41. The number of halogens is 1. The molecular weight excluding hydrogens is 509 g/mol. The second kappa shape index (κ2) is 10.8. The number of carbonyl (C=O) groups excluding carboxylic acids is 1. The average molecular weight is 532 g/mol. The molecule has 9 nitrogen and oxygen atoms in total. The molecule has 2 N–H and O–H groups in total. The number of furan rings is 1. The molecular formula is C27H22FN5O4S. The van der Waals surface area contributed by atoms with E-state index >= 15 is 0 Å². The number of nitrogens with one attached hydrogen (secondary N) is 2. The Labute approximate surface area is 222 Å². The zero-order chi connectivity index (χ0) is 26.6. The highest BCUT2D eigenvalue weighted by Crippen LogP contribution is 2.40. The smallest absolute Gasteiger partial charge is 0.270 e. The quantitative estimate of drug-likeness (QED) is 0.177. The lowest BCUT2D eigenvalue weighted by Crippen LogP contribution is -2.32. The van der Waals surface area contributed by atoms with E-state index in [1.165, 1.54) is 36.4 Å². The van der Waals surface area contributed by atoms with Gasteiger partial charge in [-0.25, -0.2) is 4.39 Å². The normalized spacial score (nSPS) is 16.8. The van der Waals surface area contributed by atoms with Gasteiger partial charge in [-0.15, -0.1) is 0 Å². The van der Waals surface area contributed by atoms with Gasteiger partial charge in [-0.2, -0.15) is 0 Å². The summed E-state index contributed by atoms with van der Waals surface area (Å²) in [5.74, 6) is 0.391. The molecule has 2 aromatic heterocycles. The summed E-state index contributed by atoms with van der Waals surface area (Å²) in [5, 5.41) is 17.7. The number of nitro benzene ring substituents is 1. The summed E-state index contributed by atoms with van der Waals surface area (Å²) in [7, 11) is 0. The summed E-state index contributed by atoms with van der Waals surface area (Å²) < 4.78 is 19.4. The number of thiocarbonyl (C=S) groups is 1. The molecule has 0 radical (unpaired) electrons. The van der Waals surface area contributed by atoms with Gasteiger partial charge in [0.25, 0.3) is 5.69 Å². The Balaban J connectivity index is 1.40. The summed E-state index contributed by atoms with van der Waals surface area (Å²) in [4.78, 5) is 29.8. The third-order valence-corrected chi connectivity index (χ3v) is 6.52. The minimum atomic E-state index is -0.456. The fourth-order valence-electron chi connectivity index (χ4n) is 4.37. The summed E-state index contributed by atoms with van der Waals surface area (Å²) >= 11 is 5.63. The number of nitrogens with zero attached hydrogens (tertiary/aromatic N) is 3. The van der Waals surface area contributed by atoms with Crippen LogP contribution in [-0.2, 0) is 4.79 Å². The molecule has 1 amide bonds. The lowest BCUT2D eigenvalue weighted by Gasteiger charge is -2.25. The van der Waals surface area contributed by atoms with Crippen LogP contribution in [0.15, 0.2) is 89.5 Å². The molecule has 0 aliphatic carbocycles. The van der Waals surface area contributed by atoms with Crippen molar-refractivity contribution >= 4 is 34.6 Å². The molecule has 1 saturated heterocycles. The van der Waals surface area contributed by atoms with Crippen molar-refractivity contribution in [3.63, 3.8) is 0 Å². The molecule has 1 fully saturated rings. The van der Waals surface area contributed by atoms with Crippen LogP contribution >= 0.6 is 12.2 Å². The molecule has 2 unspecified atom stereocenters.